The molecule has 2 atom stereocenters. The second-order valence-electron chi connectivity index (χ2n) is 6.12. The van der Waals surface area contributed by atoms with E-state index in [0.29, 0.717) is 22.8 Å². The number of aliphatic carboxylic acids is 1. The van der Waals surface area contributed by atoms with Crippen molar-refractivity contribution >= 4 is 58.4 Å². The summed E-state index contributed by atoms with van der Waals surface area (Å²) in [5, 5.41) is 18.0. The molecule has 1 fully saturated rings. The van der Waals surface area contributed by atoms with Gasteiger partial charge in [0.2, 0.25) is 0 Å². The first-order chi connectivity index (χ1) is 13.0. The zero-order chi connectivity index (χ0) is 19.4. The zero-order valence-electron chi connectivity index (χ0n) is 14.6. The van der Waals surface area contributed by atoms with E-state index in [1.165, 1.54) is 0 Å². The van der Waals surface area contributed by atoms with Crippen LogP contribution >= 0.6 is 11.8 Å². The topological polar surface area (TPSA) is 93.8 Å². The van der Waals surface area contributed by atoms with Gasteiger partial charge in [0.1, 0.15) is 5.25 Å². The summed E-state index contributed by atoms with van der Waals surface area (Å²) in [5.74, 6) is -1.39. The molecule has 3 rings (SSSR count). The van der Waals surface area contributed by atoms with Crippen LogP contribution in [0.5, 0.6) is 0 Å². The molecule has 2 aromatic rings. The summed E-state index contributed by atoms with van der Waals surface area (Å²) >= 11 is 1.09. The first-order valence-electron chi connectivity index (χ1n) is 8.33. The summed E-state index contributed by atoms with van der Waals surface area (Å²) in [7, 11) is 0. The molecule has 0 aliphatic carbocycles. The van der Waals surface area contributed by atoms with Crippen molar-refractivity contribution in [3.8, 4) is 6.07 Å². The zero-order valence-corrected chi connectivity index (χ0v) is 15.4. The molecule has 1 amide bonds. The molecule has 1 heterocycles. The molecule has 0 bridgehead atoms. The number of amides is 1. The van der Waals surface area contributed by atoms with Gasteiger partial charge < -0.3 is 10.0 Å². The fourth-order valence-electron chi connectivity index (χ4n) is 2.80. The van der Waals surface area contributed by atoms with Crippen molar-refractivity contribution in [3.05, 3.63) is 71.3 Å². The molecular formula is C20H18N3NaO3S. The molecule has 8 heteroatoms. The van der Waals surface area contributed by atoms with E-state index in [1.807, 2.05) is 48.2 Å². The normalized spacial score (nSPS) is 19.7. The molecule has 2 aromatic carbocycles. The Morgan fingerprint density at radius 1 is 1.18 bits per heavy atom. The Labute approximate surface area is 189 Å². The molecule has 1 saturated heterocycles. The van der Waals surface area contributed by atoms with E-state index in [-0.39, 0.29) is 35.6 Å². The number of hydrogen-bond acceptors (Lipinski definition) is 4. The SMILES string of the molecule is CC1C(C(=O)O)SC(=NC(=O)c2ccc(C#N)cc2)N1Cc1ccccc1.[NaH]. The number of carboxylic acids is 1. The molecule has 1 N–H and O–H groups in total. The number of carbonyl (C=O) groups is 2. The molecule has 0 spiro atoms. The van der Waals surface area contributed by atoms with Gasteiger partial charge in [-0.05, 0) is 36.8 Å². The van der Waals surface area contributed by atoms with Crippen LogP contribution in [0.3, 0.4) is 0 Å². The fraction of sp³-hybridized carbons (Fsp3) is 0.200. The summed E-state index contributed by atoms with van der Waals surface area (Å²) in [5.41, 5.74) is 1.82. The Morgan fingerprint density at radius 3 is 2.39 bits per heavy atom. The number of nitrogens with zero attached hydrogens (tertiary/aromatic N) is 3. The standard InChI is InChI=1S/C20H17N3O3S.Na.H/c1-13-17(19(25)26)27-20(23(13)12-15-5-3-2-4-6-15)22-18(24)16-9-7-14(11-21)8-10-16;;/h2-10,13,17H,12H2,1H3,(H,25,26);;. The number of rotatable bonds is 4. The predicted molar refractivity (Wildman–Crippen MR) is 111 cm³/mol. The van der Waals surface area contributed by atoms with Crippen LogP contribution in [0.2, 0.25) is 0 Å². The second kappa shape index (κ2) is 9.89. The number of benzene rings is 2. The second-order valence-corrected chi connectivity index (χ2v) is 7.23. The molecule has 2 unspecified atom stereocenters. The van der Waals surface area contributed by atoms with Crippen LogP contribution < -0.4 is 0 Å². The van der Waals surface area contributed by atoms with E-state index >= 15 is 0 Å². The molecule has 0 aromatic heterocycles. The average Bonchev–Trinajstić information content (AvgIpc) is 2.98. The summed E-state index contributed by atoms with van der Waals surface area (Å²) in [6, 6.07) is 17.5. The number of thioether (sulfide) groups is 1. The molecule has 1 aliphatic heterocycles. The molecule has 0 radical (unpaired) electrons. The van der Waals surface area contributed by atoms with Crippen molar-refractivity contribution in [3.63, 3.8) is 0 Å². The first kappa shape index (κ1) is 22.2. The number of aliphatic imine (C=N–C) groups is 1. The van der Waals surface area contributed by atoms with E-state index < -0.39 is 17.1 Å². The molecule has 6 nitrogen and oxygen atoms in total. The van der Waals surface area contributed by atoms with Crippen LogP contribution in [0.25, 0.3) is 0 Å². The number of amidine groups is 1. The summed E-state index contributed by atoms with van der Waals surface area (Å²) in [6.07, 6.45) is 0. The van der Waals surface area contributed by atoms with E-state index in [1.54, 1.807) is 24.3 Å². The predicted octanol–water partition coefficient (Wildman–Crippen LogP) is 2.50. The van der Waals surface area contributed by atoms with Gasteiger partial charge in [-0.2, -0.15) is 10.3 Å². The van der Waals surface area contributed by atoms with Crippen molar-refractivity contribution in [1.82, 2.24) is 4.90 Å². The van der Waals surface area contributed by atoms with Gasteiger partial charge in [-0.1, -0.05) is 42.1 Å². The van der Waals surface area contributed by atoms with E-state index in [4.69, 9.17) is 5.26 Å². The third-order valence-corrected chi connectivity index (χ3v) is 5.69. The molecule has 0 saturated carbocycles. The number of carboxylic acid groups (broad SMARTS) is 1. The van der Waals surface area contributed by atoms with Crippen LogP contribution in [-0.4, -0.2) is 67.9 Å². The molecule has 1 aliphatic rings. The van der Waals surface area contributed by atoms with Crippen LogP contribution in [-0.2, 0) is 11.3 Å². The number of carbonyl (C=O) groups excluding carboxylic acids is 1. The summed E-state index contributed by atoms with van der Waals surface area (Å²) < 4.78 is 0. The van der Waals surface area contributed by atoms with Gasteiger partial charge in [0.15, 0.2) is 5.17 Å². The van der Waals surface area contributed by atoms with Gasteiger partial charge in [0.05, 0.1) is 17.7 Å². The molecule has 138 valence electrons. The summed E-state index contributed by atoms with van der Waals surface area (Å²) in [6.45, 7) is 2.29. The molecular weight excluding hydrogens is 385 g/mol. The minimum absolute atomic E-state index is 0. The first-order valence-corrected chi connectivity index (χ1v) is 9.21. The van der Waals surface area contributed by atoms with E-state index in [0.717, 1.165) is 17.3 Å². The van der Waals surface area contributed by atoms with Crippen molar-refractivity contribution in [2.75, 3.05) is 0 Å². The van der Waals surface area contributed by atoms with Crippen molar-refractivity contribution in [2.45, 2.75) is 24.8 Å². The van der Waals surface area contributed by atoms with Gasteiger partial charge in [0, 0.05) is 12.1 Å². The fourth-order valence-corrected chi connectivity index (χ4v) is 3.97. The number of nitriles is 1. The van der Waals surface area contributed by atoms with Gasteiger partial charge in [-0.15, -0.1) is 0 Å². The van der Waals surface area contributed by atoms with Gasteiger partial charge in [0.25, 0.3) is 5.91 Å². The van der Waals surface area contributed by atoms with Crippen LogP contribution in [0.15, 0.2) is 59.6 Å². The molecule has 28 heavy (non-hydrogen) atoms. The third kappa shape index (κ3) is 5.03. The van der Waals surface area contributed by atoms with Crippen LogP contribution in [0, 0.1) is 11.3 Å². The van der Waals surface area contributed by atoms with Crippen molar-refractivity contribution in [1.29, 1.82) is 5.26 Å². The van der Waals surface area contributed by atoms with Gasteiger partial charge in [-0.3, -0.25) is 9.59 Å². The van der Waals surface area contributed by atoms with Gasteiger partial charge in [-0.25, -0.2) is 0 Å². The Bertz CT molecular complexity index is 926. The van der Waals surface area contributed by atoms with E-state index in [2.05, 4.69) is 4.99 Å². The Hall–Kier alpha value is -2.11. The maximum absolute atomic E-state index is 12.5. The maximum atomic E-state index is 12.5. The Morgan fingerprint density at radius 2 is 1.82 bits per heavy atom. The van der Waals surface area contributed by atoms with Crippen molar-refractivity contribution < 1.29 is 14.7 Å². The third-order valence-electron chi connectivity index (χ3n) is 4.31. The van der Waals surface area contributed by atoms with Crippen LogP contribution in [0.4, 0.5) is 0 Å². The van der Waals surface area contributed by atoms with Gasteiger partial charge >= 0.3 is 35.5 Å². The van der Waals surface area contributed by atoms with Crippen molar-refractivity contribution in [2.24, 2.45) is 4.99 Å². The Balaban J connectivity index is 0.00000280. The average molecular weight is 403 g/mol. The monoisotopic (exact) mass is 403 g/mol. The van der Waals surface area contributed by atoms with E-state index in [9.17, 15) is 14.7 Å². The summed E-state index contributed by atoms with van der Waals surface area (Å²) in [4.78, 5) is 30.1. The quantitative estimate of drug-likeness (QED) is 0.789. The Kier molecular flexibility index (Phi) is 7.84. The van der Waals surface area contributed by atoms with Crippen LogP contribution in [0.1, 0.15) is 28.4 Å². The minimum atomic E-state index is -0.929. The number of hydrogen-bond donors (Lipinski definition) is 1.